The number of thiophene rings is 1. The third-order valence-corrected chi connectivity index (χ3v) is 5.07. The molecule has 0 bridgehead atoms. The number of aromatic nitrogens is 1. The summed E-state index contributed by atoms with van der Waals surface area (Å²) in [6.45, 7) is 0.491. The highest BCUT2D eigenvalue weighted by Crippen LogP contribution is 2.33. The first-order valence-electron chi connectivity index (χ1n) is 5.82. The smallest absolute Gasteiger partial charge is 0.353 e. The van der Waals surface area contributed by atoms with Gasteiger partial charge >= 0.3 is 5.97 Å². The average Bonchev–Trinajstić information content (AvgIpc) is 2.94. The number of nitrogens with zero attached hydrogens (tertiary/aromatic N) is 1. The zero-order valence-electron chi connectivity index (χ0n) is 10.1. The van der Waals surface area contributed by atoms with Gasteiger partial charge in [0.25, 0.3) is 0 Å². The molecule has 0 aliphatic heterocycles. The molecule has 0 unspecified atom stereocenters. The van der Waals surface area contributed by atoms with Crippen molar-refractivity contribution in [1.82, 2.24) is 4.57 Å². The standard InChI is InChI=1S/C14H9BrClNO2S/c15-12-9-3-1-2-4-10(9)17(13(12)14(18)19)7-8-5-6-11(16)20-8/h1-6H,7H2,(H,18,19). The Morgan fingerprint density at radius 1 is 1.30 bits per heavy atom. The molecule has 2 heterocycles. The van der Waals surface area contributed by atoms with Crippen molar-refractivity contribution in [2.75, 3.05) is 0 Å². The van der Waals surface area contributed by atoms with Crippen LogP contribution in [-0.4, -0.2) is 15.6 Å². The van der Waals surface area contributed by atoms with E-state index in [-0.39, 0.29) is 5.69 Å². The van der Waals surface area contributed by atoms with Gasteiger partial charge in [-0.1, -0.05) is 29.8 Å². The van der Waals surface area contributed by atoms with Crippen LogP contribution in [0.3, 0.4) is 0 Å². The molecule has 3 aromatic rings. The number of halogens is 2. The molecular formula is C14H9BrClNO2S. The monoisotopic (exact) mass is 369 g/mol. The number of benzene rings is 1. The van der Waals surface area contributed by atoms with E-state index in [2.05, 4.69) is 15.9 Å². The van der Waals surface area contributed by atoms with Crippen LogP contribution >= 0.6 is 38.9 Å². The van der Waals surface area contributed by atoms with Crippen LogP contribution in [0, 0.1) is 0 Å². The lowest BCUT2D eigenvalue weighted by Crippen LogP contribution is -2.09. The lowest BCUT2D eigenvalue weighted by molar-refractivity contribution is 0.0685. The SMILES string of the molecule is O=C(O)c1c(Br)c2ccccc2n1Cc1ccc(Cl)s1. The van der Waals surface area contributed by atoms with Crippen molar-refractivity contribution in [3.05, 3.63) is 55.8 Å². The normalized spacial score (nSPS) is 11.1. The Kier molecular flexibility index (Phi) is 3.58. The third kappa shape index (κ3) is 2.26. The fraction of sp³-hybridized carbons (Fsp3) is 0.0714. The third-order valence-electron chi connectivity index (χ3n) is 3.05. The molecule has 20 heavy (non-hydrogen) atoms. The maximum atomic E-state index is 11.5. The molecule has 3 rings (SSSR count). The molecule has 1 N–H and O–H groups in total. The van der Waals surface area contributed by atoms with Crippen molar-refractivity contribution in [3.8, 4) is 0 Å². The van der Waals surface area contributed by atoms with Crippen molar-refractivity contribution in [3.63, 3.8) is 0 Å². The molecule has 0 saturated carbocycles. The summed E-state index contributed by atoms with van der Waals surface area (Å²) < 4.78 is 3.11. The Bertz CT molecular complexity index is 809. The number of aromatic carboxylic acids is 1. The molecular weight excluding hydrogens is 362 g/mol. The number of fused-ring (bicyclic) bond motifs is 1. The van der Waals surface area contributed by atoms with E-state index in [1.54, 1.807) is 4.57 Å². The van der Waals surface area contributed by atoms with Crippen LogP contribution in [0.5, 0.6) is 0 Å². The van der Waals surface area contributed by atoms with Crippen LogP contribution in [0.15, 0.2) is 40.9 Å². The maximum Gasteiger partial charge on any atom is 0.353 e. The molecule has 102 valence electrons. The minimum absolute atomic E-state index is 0.260. The Hall–Kier alpha value is -1.30. The summed E-state index contributed by atoms with van der Waals surface area (Å²) in [5.74, 6) is -0.948. The summed E-state index contributed by atoms with van der Waals surface area (Å²) in [6, 6.07) is 11.4. The van der Waals surface area contributed by atoms with E-state index in [9.17, 15) is 9.90 Å². The highest BCUT2D eigenvalue weighted by atomic mass is 79.9. The summed E-state index contributed by atoms with van der Waals surface area (Å²) in [6.07, 6.45) is 0. The number of hydrogen-bond acceptors (Lipinski definition) is 2. The second-order valence-electron chi connectivity index (χ2n) is 4.28. The fourth-order valence-electron chi connectivity index (χ4n) is 2.23. The number of carbonyl (C=O) groups is 1. The first kappa shape index (κ1) is 13.7. The van der Waals surface area contributed by atoms with Crippen molar-refractivity contribution in [2.24, 2.45) is 0 Å². The fourth-order valence-corrected chi connectivity index (χ4v) is 4.02. The van der Waals surface area contributed by atoms with Gasteiger partial charge in [-0.05, 0) is 34.1 Å². The van der Waals surface area contributed by atoms with E-state index in [0.29, 0.717) is 15.4 Å². The highest BCUT2D eigenvalue weighted by Gasteiger charge is 2.20. The number of para-hydroxylation sites is 1. The molecule has 0 spiro atoms. The van der Waals surface area contributed by atoms with E-state index >= 15 is 0 Å². The zero-order valence-corrected chi connectivity index (χ0v) is 13.3. The maximum absolute atomic E-state index is 11.5. The predicted octanol–water partition coefficient (Wildman–Crippen LogP) is 4.87. The number of carboxylic acids is 1. The van der Waals surface area contributed by atoms with Crippen molar-refractivity contribution >= 4 is 55.7 Å². The molecule has 2 aromatic heterocycles. The number of carboxylic acid groups (broad SMARTS) is 1. The van der Waals surface area contributed by atoms with Gasteiger partial charge in [-0.3, -0.25) is 0 Å². The summed E-state index contributed by atoms with van der Waals surface area (Å²) in [7, 11) is 0. The summed E-state index contributed by atoms with van der Waals surface area (Å²) in [5, 5.41) is 10.4. The Balaban J connectivity index is 2.22. The minimum atomic E-state index is -0.948. The van der Waals surface area contributed by atoms with E-state index in [1.165, 1.54) is 11.3 Å². The molecule has 3 nitrogen and oxygen atoms in total. The quantitative estimate of drug-likeness (QED) is 0.715. The zero-order chi connectivity index (χ0) is 14.3. The topological polar surface area (TPSA) is 42.2 Å². The van der Waals surface area contributed by atoms with Crippen LogP contribution in [0.4, 0.5) is 0 Å². The second kappa shape index (κ2) is 5.24. The molecule has 0 amide bonds. The molecule has 0 radical (unpaired) electrons. The second-order valence-corrected chi connectivity index (χ2v) is 6.87. The first-order valence-corrected chi connectivity index (χ1v) is 7.81. The number of hydrogen-bond donors (Lipinski definition) is 1. The van der Waals surface area contributed by atoms with Crippen LogP contribution < -0.4 is 0 Å². The van der Waals surface area contributed by atoms with Gasteiger partial charge in [-0.25, -0.2) is 4.79 Å². The summed E-state index contributed by atoms with van der Waals surface area (Å²) >= 11 is 10.8. The van der Waals surface area contributed by atoms with E-state index in [0.717, 1.165) is 15.8 Å². The lowest BCUT2D eigenvalue weighted by Gasteiger charge is -2.06. The van der Waals surface area contributed by atoms with Gasteiger partial charge in [0.05, 0.1) is 20.9 Å². The van der Waals surface area contributed by atoms with E-state index in [1.807, 2.05) is 36.4 Å². The van der Waals surface area contributed by atoms with Crippen molar-refractivity contribution < 1.29 is 9.90 Å². The van der Waals surface area contributed by atoms with Gasteiger partial charge in [-0.2, -0.15) is 0 Å². The Labute approximate surface area is 132 Å². The van der Waals surface area contributed by atoms with Gasteiger partial charge in [-0.15, -0.1) is 11.3 Å². The minimum Gasteiger partial charge on any atom is -0.477 e. The first-order chi connectivity index (χ1) is 9.58. The molecule has 0 aliphatic rings. The van der Waals surface area contributed by atoms with Crippen LogP contribution in [0.25, 0.3) is 10.9 Å². The van der Waals surface area contributed by atoms with Gasteiger partial charge in [0.15, 0.2) is 0 Å². The summed E-state index contributed by atoms with van der Waals surface area (Å²) in [4.78, 5) is 12.6. The highest BCUT2D eigenvalue weighted by molar-refractivity contribution is 9.10. The molecule has 0 fully saturated rings. The molecule has 0 atom stereocenters. The van der Waals surface area contributed by atoms with E-state index in [4.69, 9.17) is 11.6 Å². The molecule has 6 heteroatoms. The average molecular weight is 371 g/mol. The molecule has 1 aromatic carbocycles. The van der Waals surface area contributed by atoms with Crippen molar-refractivity contribution in [2.45, 2.75) is 6.54 Å². The van der Waals surface area contributed by atoms with Gasteiger partial charge in [0, 0.05) is 10.3 Å². The summed E-state index contributed by atoms with van der Waals surface area (Å²) in [5.41, 5.74) is 1.15. The lowest BCUT2D eigenvalue weighted by atomic mass is 10.2. The van der Waals surface area contributed by atoms with Gasteiger partial charge < -0.3 is 9.67 Å². The van der Waals surface area contributed by atoms with Crippen LogP contribution in [-0.2, 0) is 6.54 Å². The molecule has 0 aliphatic carbocycles. The Morgan fingerprint density at radius 2 is 2.05 bits per heavy atom. The van der Waals surface area contributed by atoms with Crippen molar-refractivity contribution in [1.29, 1.82) is 0 Å². The van der Waals surface area contributed by atoms with Gasteiger partial charge in [0.2, 0.25) is 0 Å². The Morgan fingerprint density at radius 3 is 2.70 bits per heavy atom. The largest absolute Gasteiger partial charge is 0.477 e. The van der Waals surface area contributed by atoms with Crippen LogP contribution in [0.2, 0.25) is 4.34 Å². The predicted molar refractivity (Wildman–Crippen MR) is 85.0 cm³/mol. The number of rotatable bonds is 3. The van der Waals surface area contributed by atoms with Crippen LogP contribution in [0.1, 0.15) is 15.4 Å². The van der Waals surface area contributed by atoms with E-state index < -0.39 is 5.97 Å². The molecule has 0 saturated heterocycles. The van der Waals surface area contributed by atoms with Gasteiger partial charge in [0.1, 0.15) is 5.69 Å².